The Labute approximate surface area is 210 Å². The molecule has 2 heterocycles. The van der Waals surface area contributed by atoms with E-state index in [9.17, 15) is 9.90 Å². The molecule has 0 saturated heterocycles. The summed E-state index contributed by atoms with van der Waals surface area (Å²) in [5, 5.41) is 13.4. The first-order valence-electron chi connectivity index (χ1n) is 12.0. The SMILES string of the molecule is COCCCN(Cc1nc2scc(-c3cc(C)ccc3C)c2c(=O)[nH]1)CC(O)Cc1ccccc1. The van der Waals surface area contributed by atoms with E-state index in [1.165, 1.54) is 11.3 Å². The second-order valence-electron chi connectivity index (χ2n) is 9.09. The second kappa shape index (κ2) is 11.7. The summed E-state index contributed by atoms with van der Waals surface area (Å²) in [7, 11) is 1.69. The highest BCUT2D eigenvalue weighted by Gasteiger charge is 2.18. The minimum Gasteiger partial charge on any atom is -0.391 e. The fourth-order valence-corrected chi connectivity index (χ4v) is 5.38. The number of rotatable bonds is 11. The number of aryl methyl sites for hydroxylation is 2. The molecule has 4 rings (SSSR count). The normalized spacial score (nSPS) is 12.5. The van der Waals surface area contributed by atoms with Gasteiger partial charge in [0.05, 0.1) is 18.0 Å². The molecule has 0 saturated carbocycles. The van der Waals surface area contributed by atoms with Crippen molar-refractivity contribution in [2.24, 2.45) is 0 Å². The zero-order valence-electron chi connectivity index (χ0n) is 20.6. The molecule has 0 radical (unpaired) electrons. The van der Waals surface area contributed by atoms with Crippen LogP contribution in [0.4, 0.5) is 0 Å². The van der Waals surface area contributed by atoms with Gasteiger partial charge in [-0.15, -0.1) is 11.3 Å². The highest BCUT2D eigenvalue weighted by Crippen LogP contribution is 2.33. The standard InChI is InChI=1S/C28H33N3O3S/c1-19-10-11-20(2)23(14-19)24-18-35-28-26(24)27(33)29-25(30-28)17-31(12-7-13-34-3)16-22(32)15-21-8-5-4-6-9-21/h4-6,8-11,14,18,22,32H,7,12-13,15-17H2,1-3H3,(H,29,30,33). The van der Waals surface area contributed by atoms with Crippen LogP contribution in [-0.4, -0.2) is 52.9 Å². The van der Waals surface area contributed by atoms with Crippen LogP contribution in [0.5, 0.6) is 0 Å². The Morgan fingerprint density at radius 1 is 1.14 bits per heavy atom. The van der Waals surface area contributed by atoms with Gasteiger partial charge in [-0.2, -0.15) is 0 Å². The molecule has 0 spiro atoms. The third-order valence-corrected chi connectivity index (χ3v) is 7.03. The van der Waals surface area contributed by atoms with Crippen LogP contribution < -0.4 is 5.56 Å². The highest BCUT2D eigenvalue weighted by molar-refractivity contribution is 7.17. The summed E-state index contributed by atoms with van der Waals surface area (Å²) in [5.41, 5.74) is 5.27. The summed E-state index contributed by atoms with van der Waals surface area (Å²) in [4.78, 5) is 23.9. The van der Waals surface area contributed by atoms with Gasteiger partial charge < -0.3 is 14.8 Å². The number of H-pyrrole nitrogens is 1. The maximum absolute atomic E-state index is 13.2. The Morgan fingerprint density at radius 3 is 2.71 bits per heavy atom. The zero-order chi connectivity index (χ0) is 24.8. The van der Waals surface area contributed by atoms with E-state index in [-0.39, 0.29) is 5.56 Å². The Bertz CT molecular complexity index is 1320. The molecule has 1 unspecified atom stereocenters. The lowest BCUT2D eigenvalue weighted by Gasteiger charge is -2.24. The van der Waals surface area contributed by atoms with E-state index in [0.717, 1.165) is 45.6 Å². The average molecular weight is 492 g/mol. The fourth-order valence-electron chi connectivity index (χ4n) is 4.42. The maximum atomic E-state index is 13.2. The quantitative estimate of drug-likeness (QED) is 0.297. The topological polar surface area (TPSA) is 78.5 Å². The van der Waals surface area contributed by atoms with Crippen LogP contribution in [0.2, 0.25) is 0 Å². The largest absolute Gasteiger partial charge is 0.391 e. The van der Waals surface area contributed by atoms with Gasteiger partial charge in [-0.3, -0.25) is 9.69 Å². The van der Waals surface area contributed by atoms with E-state index in [4.69, 9.17) is 9.72 Å². The number of thiophene rings is 1. The van der Waals surface area contributed by atoms with Gasteiger partial charge in [-0.25, -0.2) is 4.98 Å². The van der Waals surface area contributed by atoms with E-state index in [1.54, 1.807) is 7.11 Å². The average Bonchev–Trinajstić information content (AvgIpc) is 3.25. The van der Waals surface area contributed by atoms with Crippen molar-refractivity contribution in [2.45, 2.75) is 39.3 Å². The lowest BCUT2D eigenvalue weighted by Crippen LogP contribution is -2.35. The zero-order valence-corrected chi connectivity index (χ0v) is 21.4. The molecule has 2 aromatic heterocycles. The van der Waals surface area contributed by atoms with Crippen LogP contribution in [0.25, 0.3) is 21.3 Å². The number of aromatic amines is 1. The van der Waals surface area contributed by atoms with E-state index >= 15 is 0 Å². The number of hydrogen-bond acceptors (Lipinski definition) is 6. The van der Waals surface area contributed by atoms with Gasteiger partial charge in [0, 0.05) is 37.7 Å². The van der Waals surface area contributed by atoms with Crippen molar-refractivity contribution in [1.82, 2.24) is 14.9 Å². The third-order valence-electron chi connectivity index (χ3n) is 6.16. The van der Waals surface area contributed by atoms with Crippen LogP contribution in [0.15, 0.2) is 58.7 Å². The van der Waals surface area contributed by atoms with E-state index in [2.05, 4.69) is 41.9 Å². The number of benzene rings is 2. The molecule has 4 aromatic rings. The Balaban J connectivity index is 1.56. The molecule has 35 heavy (non-hydrogen) atoms. The van der Waals surface area contributed by atoms with Gasteiger partial charge in [-0.05, 0) is 43.4 Å². The van der Waals surface area contributed by atoms with Crippen molar-refractivity contribution >= 4 is 21.6 Å². The predicted octanol–water partition coefficient (Wildman–Crippen LogP) is 4.71. The number of nitrogens with zero attached hydrogens (tertiary/aromatic N) is 2. The number of ether oxygens (including phenoxy) is 1. The molecule has 7 heteroatoms. The number of nitrogens with one attached hydrogen (secondary N) is 1. The summed E-state index contributed by atoms with van der Waals surface area (Å²) in [6.07, 6.45) is 0.888. The van der Waals surface area contributed by atoms with Crippen LogP contribution in [0, 0.1) is 13.8 Å². The van der Waals surface area contributed by atoms with Gasteiger partial charge in [0.1, 0.15) is 10.7 Å². The summed E-state index contributed by atoms with van der Waals surface area (Å²) in [6.45, 7) is 6.43. The van der Waals surface area contributed by atoms with Crippen molar-refractivity contribution in [3.63, 3.8) is 0 Å². The number of fused-ring (bicyclic) bond motifs is 1. The molecule has 184 valence electrons. The Hall–Kier alpha value is -2.84. The van der Waals surface area contributed by atoms with Gasteiger partial charge in [0.25, 0.3) is 5.56 Å². The number of hydrogen-bond donors (Lipinski definition) is 2. The second-order valence-corrected chi connectivity index (χ2v) is 9.94. The number of aliphatic hydroxyl groups excluding tert-OH is 1. The summed E-state index contributed by atoms with van der Waals surface area (Å²) >= 11 is 1.50. The number of aromatic nitrogens is 2. The fraction of sp³-hybridized carbons (Fsp3) is 0.357. The molecule has 0 aliphatic carbocycles. The first-order chi connectivity index (χ1) is 16.9. The Kier molecular flexibility index (Phi) is 8.46. The highest BCUT2D eigenvalue weighted by atomic mass is 32.1. The predicted molar refractivity (Wildman–Crippen MR) is 143 cm³/mol. The van der Waals surface area contributed by atoms with Crippen LogP contribution in [-0.2, 0) is 17.7 Å². The Morgan fingerprint density at radius 2 is 1.94 bits per heavy atom. The smallest absolute Gasteiger partial charge is 0.260 e. The summed E-state index contributed by atoms with van der Waals surface area (Å²) in [6, 6.07) is 16.3. The molecular weight excluding hydrogens is 458 g/mol. The molecule has 2 aromatic carbocycles. The number of aliphatic hydroxyl groups is 1. The molecule has 1 atom stereocenters. The maximum Gasteiger partial charge on any atom is 0.260 e. The molecule has 2 N–H and O–H groups in total. The molecule has 0 bridgehead atoms. The lowest BCUT2D eigenvalue weighted by atomic mass is 9.99. The van der Waals surface area contributed by atoms with Crippen LogP contribution in [0.1, 0.15) is 28.9 Å². The number of methoxy groups -OCH3 is 1. The minimum absolute atomic E-state index is 0.121. The summed E-state index contributed by atoms with van der Waals surface area (Å²) in [5.74, 6) is 0.612. The first-order valence-corrected chi connectivity index (χ1v) is 12.8. The van der Waals surface area contributed by atoms with Gasteiger partial charge >= 0.3 is 0 Å². The third kappa shape index (κ3) is 6.44. The van der Waals surface area contributed by atoms with Gasteiger partial charge in [0.15, 0.2) is 0 Å². The van der Waals surface area contributed by atoms with E-state index in [1.807, 2.05) is 35.7 Å². The van der Waals surface area contributed by atoms with Crippen LogP contribution >= 0.6 is 11.3 Å². The molecule has 6 nitrogen and oxygen atoms in total. The van der Waals surface area contributed by atoms with Crippen molar-refractivity contribution in [3.05, 3.63) is 86.8 Å². The van der Waals surface area contributed by atoms with Gasteiger partial charge in [0.2, 0.25) is 0 Å². The van der Waals surface area contributed by atoms with Crippen molar-refractivity contribution in [2.75, 3.05) is 26.8 Å². The minimum atomic E-state index is -0.520. The lowest BCUT2D eigenvalue weighted by molar-refractivity contribution is 0.0980. The monoisotopic (exact) mass is 491 g/mol. The van der Waals surface area contributed by atoms with Crippen molar-refractivity contribution < 1.29 is 9.84 Å². The van der Waals surface area contributed by atoms with Gasteiger partial charge in [-0.1, -0.05) is 54.1 Å². The molecular formula is C28H33N3O3S. The van der Waals surface area contributed by atoms with E-state index in [0.29, 0.717) is 37.3 Å². The molecule has 0 aliphatic heterocycles. The molecule has 0 aliphatic rings. The van der Waals surface area contributed by atoms with Crippen LogP contribution in [0.3, 0.4) is 0 Å². The summed E-state index contributed by atoms with van der Waals surface area (Å²) < 4.78 is 5.22. The molecule has 0 amide bonds. The molecule has 0 fully saturated rings. The van der Waals surface area contributed by atoms with E-state index < -0.39 is 6.10 Å². The first kappa shape index (κ1) is 25.3. The van der Waals surface area contributed by atoms with Crippen molar-refractivity contribution in [1.29, 1.82) is 0 Å². The van der Waals surface area contributed by atoms with Crippen molar-refractivity contribution in [3.8, 4) is 11.1 Å².